The molecular formula is C13H20N2S2. The molecule has 0 bridgehead atoms. The summed E-state index contributed by atoms with van der Waals surface area (Å²) in [7, 11) is 0. The summed E-state index contributed by atoms with van der Waals surface area (Å²) in [6, 6.07) is 5.43. The summed E-state index contributed by atoms with van der Waals surface area (Å²) < 4.78 is 0. The molecule has 1 aliphatic carbocycles. The Bertz CT molecular complexity index is 354. The lowest BCUT2D eigenvalue weighted by Crippen LogP contribution is -2.31. The van der Waals surface area contributed by atoms with Gasteiger partial charge in [-0.05, 0) is 25.0 Å². The Morgan fingerprint density at radius 1 is 1.18 bits per heavy atom. The summed E-state index contributed by atoms with van der Waals surface area (Å²) >= 11 is 4.07. The van der Waals surface area contributed by atoms with E-state index in [0.717, 1.165) is 19.1 Å². The molecule has 0 aromatic carbocycles. The van der Waals surface area contributed by atoms with E-state index >= 15 is 0 Å². The smallest absolute Gasteiger partial charge is 0.0328 e. The average molecular weight is 268 g/mol. The van der Waals surface area contributed by atoms with E-state index in [4.69, 9.17) is 0 Å². The summed E-state index contributed by atoms with van der Waals surface area (Å²) in [6.07, 6.45) is 2.76. The van der Waals surface area contributed by atoms with Gasteiger partial charge in [0.15, 0.2) is 0 Å². The Balaban J connectivity index is 1.48. The minimum Gasteiger partial charge on any atom is -0.309 e. The lowest BCUT2D eigenvalue weighted by molar-refractivity contribution is 0.297. The van der Waals surface area contributed by atoms with Gasteiger partial charge >= 0.3 is 0 Å². The molecule has 0 spiro atoms. The van der Waals surface area contributed by atoms with E-state index in [9.17, 15) is 0 Å². The van der Waals surface area contributed by atoms with Gasteiger partial charge in [0.2, 0.25) is 0 Å². The van der Waals surface area contributed by atoms with Gasteiger partial charge in [0.25, 0.3) is 0 Å². The highest BCUT2D eigenvalue weighted by Crippen LogP contribution is 2.23. The van der Waals surface area contributed by atoms with Gasteiger partial charge in [0.05, 0.1) is 0 Å². The van der Waals surface area contributed by atoms with Gasteiger partial charge in [-0.25, -0.2) is 0 Å². The first-order valence-electron chi connectivity index (χ1n) is 6.51. The molecule has 1 saturated heterocycles. The molecule has 0 radical (unpaired) electrons. The molecule has 94 valence electrons. The molecule has 3 rings (SSSR count). The van der Waals surface area contributed by atoms with Crippen LogP contribution in [0.4, 0.5) is 0 Å². The van der Waals surface area contributed by atoms with E-state index in [0.29, 0.717) is 0 Å². The van der Waals surface area contributed by atoms with Crippen LogP contribution in [0.5, 0.6) is 0 Å². The lowest BCUT2D eigenvalue weighted by atomic mass is 10.4. The first-order chi connectivity index (χ1) is 8.40. The maximum atomic E-state index is 3.58. The van der Waals surface area contributed by atoms with E-state index in [-0.39, 0.29) is 0 Å². The summed E-state index contributed by atoms with van der Waals surface area (Å²) in [6.45, 7) is 4.76. The molecule has 2 nitrogen and oxygen atoms in total. The molecule has 1 saturated carbocycles. The number of thiophene rings is 1. The molecule has 0 amide bonds. The molecule has 17 heavy (non-hydrogen) atoms. The molecule has 1 aliphatic heterocycles. The second-order valence-corrected chi connectivity index (χ2v) is 7.39. The average Bonchev–Trinajstić information content (AvgIpc) is 3.09. The van der Waals surface area contributed by atoms with Crippen molar-refractivity contribution in [2.75, 3.05) is 24.6 Å². The van der Waals surface area contributed by atoms with Crippen LogP contribution in [0.25, 0.3) is 0 Å². The van der Waals surface area contributed by atoms with Crippen LogP contribution in [0, 0.1) is 0 Å². The number of thioether (sulfide) groups is 1. The van der Waals surface area contributed by atoms with Crippen LogP contribution < -0.4 is 5.32 Å². The van der Waals surface area contributed by atoms with Crippen LogP contribution >= 0.6 is 23.1 Å². The fraction of sp³-hybridized carbons (Fsp3) is 0.692. The molecule has 4 heteroatoms. The van der Waals surface area contributed by atoms with Crippen molar-refractivity contribution in [1.29, 1.82) is 0 Å². The minimum atomic E-state index is 0.819. The van der Waals surface area contributed by atoms with E-state index in [1.807, 2.05) is 11.3 Å². The summed E-state index contributed by atoms with van der Waals surface area (Å²) in [5.74, 6) is 2.61. The Morgan fingerprint density at radius 3 is 2.71 bits per heavy atom. The summed E-state index contributed by atoms with van der Waals surface area (Å²) in [4.78, 5) is 5.61. The fourth-order valence-electron chi connectivity index (χ4n) is 2.11. The molecule has 1 aromatic rings. The second-order valence-electron chi connectivity index (χ2n) is 4.91. The Kier molecular flexibility index (Phi) is 4.06. The van der Waals surface area contributed by atoms with Gasteiger partial charge in [0.1, 0.15) is 0 Å². The van der Waals surface area contributed by atoms with Crippen LogP contribution in [0.2, 0.25) is 0 Å². The molecule has 0 atom stereocenters. The highest BCUT2D eigenvalue weighted by atomic mass is 32.2. The van der Waals surface area contributed by atoms with Crippen molar-refractivity contribution in [2.24, 2.45) is 0 Å². The van der Waals surface area contributed by atoms with E-state index in [2.05, 4.69) is 34.1 Å². The van der Waals surface area contributed by atoms with E-state index < -0.39 is 0 Å². The topological polar surface area (TPSA) is 15.3 Å². The monoisotopic (exact) mass is 268 g/mol. The van der Waals surface area contributed by atoms with Crippen molar-refractivity contribution in [3.05, 3.63) is 21.9 Å². The highest BCUT2D eigenvalue weighted by molar-refractivity contribution is 7.99. The SMILES string of the molecule is c1cc(CN2CCSCC2)sc1CNC1CC1. The Morgan fingerprint density at radius 2 is 1.94 bits per heavy atom. The van der Waals surface area contributed by atoms with E-state index in [1.54, 1.807) is 0 Å². The van der Waals surface area contributed by atoms with Crippen molar-refractivity contribution in [3.8, 4) is 0 Å². The van der Waals surface area contributed by atoms with Gasteiger partial charge in [-0.15, -0.1) is 11.3 Å². The number of rotatable bonds is 5. The zero-order valence-corrected chi connectivity index (χ0v) is 11.8. The quantitative estimate of drug-likeness (QED) is 0.883. The van der Waals surface area contributed by atoms with Gasteiger partial charge in [-0.3, -0.25) is 4.90 Å². The predicted octanol–water partition coefficient (Wildman–Crippen LogP) is 2.55. The van der Waals surface area contributed by atoms with E-state index in [1.165, 1.54) is 47.2 Å². The fourth-order valence-corrected chi connectivity index (χ4v) is 4.10. The van der Waals surface area contributed by atoms with Crippen molar-refractivity contribution < 1.29 is 0 Å². The Labute approximate surface area is 112 Å². The van der Waals surface area contributed by atoms with Crippen molar-refractivity contribution in [1.82, 2.24) is 10.2 Å². The van der Waals surface area contributed by atoms with Gasteiger partial charge in [0, 0.05) is 53.5 Å². The maximum Gasteiger partial charge on any atom is 0.0328 e. The molecule has 2 heterocycles. The molecule has 1 N–H and O–H groups in total. The number of hydrogen-bond donors (Lipinski definition) is 1. The number of hydrogen-bond acceptors (Lipinski definition) is 4. The number of nitrogens with one attached hydrogen (secondary N) is 1. The third kappa shape index (κ3) is 3.71. The molecular weight excluding hydrogens is 248 g/mol. The predicted molar refractivity (Wildman–Crippen MR) is 76.8 cm³/mol. The zero-order valence-electron chi connectivity index (χ0n) is 10.2. The molecule has 2 aliphatic rings. The number of nitrogens with zero attached hydrogens (tertiary/aromatic N) is 1. The first kappa shape index (κ1) is 12.0. The lowest BCUT2D eigenvalue weighted by Gasteiger charge is -2.25. The van der Waals surface area contributed by atoms with Crippen LogP contribution in [-0.4, -0.2) is 35.5 Å². The van der Waals surface area contributed by atoms with Crippen molar-refractivity contribution in [3.63, 3.8) is 0 Å². The minimum absolute atomic E-state index is 0.819. The van der Waals surface area contributed by atoms with Crippen LogP contribution in [0.1, 0.15) is 22.6 Å². The van der Waals surface area contributed by atoms with Crippen LogP contribution in [0.3, 0.4) is 0 Å². The van der Waals surface area contributed by atoms with Crippen molar-refractivity contribution >= 4 is 23.1 Å². The molecule has 1 aromatic heterocycles. The normalized spacial score (nSPS) is 21.9. The van der Waals surface area contributed by atoms with Gasteiger partial charge in [-0.2, -0.15) is 11.8 Å². The first-order valence-corrected chi connectivity index (χ1v) is 8.48. The highest BCUT2D eigenvalue weighted by Gasteiger charge is 2.20. The third-order valence-electron chi connectivity index (χ3n) is 3.34. The molecule has 0 unspecified atom stereocenters. The third-order valence-corrected chi connectivity index (χ3v) is 5.36. The molecule has 2 fully saturated rings. The summed E-state index contributed by atoms with van der Waals surface area (Å²) in [5, 5.41) is 3.58. The summed E-state index contributed by atoms with van der Waals surface area (Å²) in [5.41, 5.74) is 0. The second kappa shape index (κ2) is 5.74. The van der Waals surface area contributed by atoms with Gasteiger partial charge < -0.3 is 5.32 Å². The van der Waals surface area contributed by atoms with Crippen molar-refractivity contribution in [2.45, 2.75) is 32.0 Å². The van der Waals surface area contributed by atoms with Gasteiger partial charge in [-0.1, -0.05) is 0 Å². The zero-order chi connectivity index (χ0) is 11.5. The van der Waals surface area contributed by atoms with Crippen LogP contribution in [0.15, 0.2) is 12.1 Å². The maximum absolute atomic E-state index is 3.58. The largest absolute Gasteiger partial charge is 0.309 e. The standard InChI is InChI=1S/C13H20N2S2/c1-2-11(1)14-9-12-3-4-13(17-12)10-15-5-7-16-8-6-15/h3-4,11,14H,1-2,5-10H2. The van der Waals surface area contributed by atoms with Crippen LogP contribution in [-0.2, 0) is 13.1 Å². The Hall–Kier alpha value is -0.0300.